The lowest BCUT2D eigenvalue weighted by atomic mass is 10.0. The van der Waals surface area contributed by atoms with Crippen molar-refractivity contribution < 1.29 is 15.0 Å². The van der Waals surface area contributed by atoms with E-state index in [2.05, 4.69) is 141 Å². The molecule has 0 aliphatic carbocycles. The van der Waals surface area contributed by atoms with Gasteiger partial charge in [0.05, 0.1) is 18.8 Å². The van der Waals surface area contributed by atoms with Crippen LogP contribution >= 0.6 is 0 Å². The molecule has 0 saturated carbocycles. The average molecular weight is 997 g/mol. The maximum absolute atomic E-state index is 12.5. The van der Waals surface area contributed by atoms with Crippen LogP contribution in [0.5, 0.6) is 0 Å². The molecule has 72 heavy (non-hydrogen) atoms. The van der Waals surface area contributed by atoms with E-state index in [1.807, 2.05) is 0 Å². The van der Waals surface area contributed by atoms with Crippen LogP contribution in [0.4, 0.5) is 0 Å². The lowest BCUT2D eigenvalue weighted by molar-refractivity contribution is -0.123. The quantitative estimate of drug-likeness (QED) is 0.0420. The minimum absolute atomic E-state index is 0.0382. The summed E-state index contributed by atoms with van der Waals surface area (Å²) >= 11 is 0. The number of unbranched alkanes of at least 4 members (excludes halogenated alkanes) is 28. The number of carbonyl (C=O) groups is 1. The molecule has 0 aromatic heterocycles. The summed E-state index contributed by atoms with van der Waals surface area (Å²) in [6.45, 7) is 4.25. The van der Waals surface area contributed by atoms with Gasteiger partial charge in [0.15, 0.2) is 0 Å². The average Bonchev–Trinajstić information content (AvgIpc) is 3.39. The molecule has 0 spiro atoms. The summed E-state index contributed by atoms with van der Waals surface area (Å²) in [5, 5.41) is 23.4. The van der Waals surface area contributed by atoms with Gasteiger partial charge in [-0.25, -0.2) is 0 Å². The zero-order valence-corrected chi connectivity index (χ0v) is 47.4. The minimum atomic E-state index is -0.669. The number of nitrogens with one attached hydrogen (secondary N) is 1. The molecule has 4 heteroatoms. The smallest absolute Gasteiger partial charge is 0.220 e. The molecule has 0 fully saturated rings. The van der Waals surface area contributed by atoms with E-state index in [-0.39, 0.29) is 12.5 Å². The zero-order valence-electron chi connectivity index (χ0n) is 47.4. The lowest BCUT2D eigenvalue weighted by Crippen LogP contribution is -2.45. The molecule has 3 N–H and O–H groups in total. The molecule has 1 amide bonds. The van der Waals surface area contributed by atoms with Gasteiger partial charge >= 0.3 is 0 Å². The highest BCUT2D eigenvalue weighted by Crippen LogP contribution is 2.17. The molecule has 2 unspecified atom stereocenters. The highest BCUT2D eigenvalue weighted by Gasteiger charge is 2.20. The zero-order chi connectivity index (χ0) is 52.0. The SMILES string of the molecule is CC/C=C\C/C=C\C/C=C\C/C=C\C/C=C\C/C=C\C/C=C\C/C=C\C/C=C\C/C=C\CCCCCCCCCCCCC(=O)NC(CO)C(O)CCCCCCCCCCCCCCCCCCCCC. The second-order valence-electron chi connectivity index (χ2n) is 20.4. The Balaban J connectivity index is 3.57. The molecule has 0 bridgehead atoms. The van der Waals surface area contributed by atoms with E-state index >= 15 is 0 Å². The van der Waals surface area contributed by atoms with Crippen LogP contribution in [-0.4, -0.2) is 34.9 Å². The van der Waals surface area contributed by atoms with Crippen molar-refractivity contribution in [1.29, 1.82) is 0 Å². The van der Waals surface area contributed by atoms with Gasteiger partial charge in [0.2, 0.25) is 5.91 Å². The predicted octanol–water partition coefficient (Wildman–Crippen LogP) is 20.8. The van der Waals surface area contributed by atoms with Crippen molar-refractivity contribution in [2.45, 2.75) is 296 Å². The van der Waals surface area contributed by atoms with Gasteiger partial charge in [-0.05, 0) is 89.9 Å². The second kappa shape index (κ2) is 62.1. The Morgan fingerprint density at radius 1 is 0.347 bits per heavy atom. The Morgan fingerprint density at radius 2 is 0.611 bits per heavy atom. The van der Waals surface area contributed by atoms with Crippen molar-refractivity contribution in [2.75, 3.05) is 6.61 Å². The molecule has 0 aliphatic heterocycles. The molecule has 0 heterocycles. The van der Waals surface area contributed by atoms with Crippen LogP contribution in [0.15, 0.2) is 122 Å². The fraction of sp³-hybridized carbons (Fsp3) is 0.691. The number of rotatable bonds is 55. The number of aliphatic hydroxyl groups excluding tert-OH is 2. The summed E-state index contributed by atoms with van der Waals surface area (Å²) in [6, 6.07) is -0.547. The van der Waals surface area contributed by atoms with Gasteiger partial charge in [-0.15, -0.1) is 0 Å². The molecule has 4 nitrogen and oxygen atoms in total. The van der Waals surface area contributed by atoms with Gasteiger partial charge in [0.1, 0.15) is 0 Å². The Bertz CT molecular complexity index is 1410. The summed E-state index contributed by atoms with van der Waals surface area (Å²) in [5.74, 6) is -0.0382. The van der Waals surface area contributed by atoms with E-state index in [9.17, 15) is 15.0 Å². The van der Waals surface area contributed by atoms with Crippen LogP contribution in [0.2, 0.25) is 0 Å². The largest absolute Gasteiger partial charge is 0.394 e. The fourth-order valence-electron chi connectivity index (χ4n) is 8.86. The monoisotopic (exact) mass is 996 g/mol. The van der Waals surface area contributed by atoms with Crippen molar-refractivity contribution in [2.24, 2.45) is 0 Å². The number of amides is 1. The van der Waals surface area contributed by atoms with Crippen LogP contribution in [0, 0.1) is 0 Å². The third kappa shape index (κ3) is 57.7. The molecule has 2 atom stereocenters. The molecule has 0 saturated heterocycles. The van der Waals surface area contributed by atoms with Crippen molar-refractivity contribution >= 4 is 5.91 Å². The molecule has 0 aliphatic rings. The highest BCUT2D eigenvalue weighted by molar-refractivity contribution is 5.76. The van der Waals surface area contributed by atoms with Crippen LogP contribution in [0.1, 0.15) is 284 Å². The number of carbonyl (C=O) groups excluding carboxylic acids is 1. The first-order valence-corrected chi connectivity index (χ1v) is 30.7. The van der Waals surface area contributed by atoms with E-state index in [0.717, 1.165) is 89.9 Å². The Morgan fingerprint density at radius 3 is 0.917 bits per heavy atom. The normalized spacial score (nSPS) is 13.7. The fourth-order valence-corrected chi connectivity index (χ4v) is 8.86. The molecule has 0 aromatic rings. The van der Waals surface area contributed by atoms with Gasteiger partial charge in [0, 0.05) is 6.42 Å². The van der Waals surface area contributed by atoms with Crippen LogP contribution in [0.3, 0.4) is 0 Å². The first kappa shape index (κ1) is 68.8. The standard InChI is InChI=1S/C68H117NO3/c1-3-5-7-9-11-13-15-17-19-21-23-24-25-26-27-28-29-30-31-32-33-34-35-36-37-38-39-40-41-42-43-44-46-48-50-52-54-56-58-60-62-64-68(72)69-66(65-70)67(71)63-61-59-57-55-53-51-49-47-45-22-20-18-16-14-12-10-8-6-4-2/h5,7,11,13,17,19,23-24,26-27,29-30,32-33,35-36,38-39,41-42,66-67,70-71H,3-4,6,8-10,12,14-16,18,20-22,25,28,31,34,37,40,43-65H2,1-2H3,(H,69,72)/b7-5-,13-11-,19-17-,24-23-,27-26-,30-29-,33-32-,36-35-,39-38-,42-41-. The maximum Gasteiger partial charge on any atom is 0.220 e. The summed E-state index contributed by atoms with van der Waals surface area (Å²) in [6.07, 6.45) is 94.8. The first-order chi connectivity index (χ1) is 35.7. The number of aliphatic hydroxyl groups is 2. The van der Waals surface area contributed by atoms with Crippen LogP contribution in [-0.2, 0) is 4.79 Å². The van der Waals surface area contributed by atoms with E-state index < -0.39 is 12.1 Å². The minimum Gasteiger partial charge on any atom is -0.394 e. The molecular formula is C68H117NO3. The number of hydrogen-bond donors (Lipinski definition) is 3. The van der Waals surface area contributed by atoms with Crippen molar-refractivity contribution in [3.63, 3.8) is 0 Å². The first-order valence-electron chi connectivity index (χ1n) is 30.7. The summed E-state index contributed by atoms with van der Waals surface area (Å²) in [4.78, 5) is 12.5. The number of allylic oxidation sites excluding steroid dienone is 20. The van der Waals surface area contributed by atoms with Gasteiger partial charge in [-0.2, -0.15) is 0 Å². The van der Waals surface area contributed by atoms with Gasteiger partial charge in [-0.1, -0.05) is 309 Å². The Labute approximate surface area is 448 Å². The van der Waals surface area contributed by atoms with Gasteiger partial charge < -0.3 is 15.5 Å². The van der Waals surface area contributed by atoms with E-state index in [1.54, 1.807) is 0 Å². The summed E-state index contributed by atoms with van der Waals surface area (Å²) in [5.41, 5.74) is 0. The van der Waals surface area contributed by atoms with E-state index in [1.165, 1.54) is 167 Å². The molecule has 0 aromatic carbocycles. The Kier molecular flexibility index (Phi) is 59.3. The summed E-state index contributed by atoms with van der Waals surface area (Å²) in [7, 11) is 0. The molecule has 412 valence electrons. The summed E-state index contributed by atoms with van der Waals surface area (Å²) < 4.78 is 0. The molecule has 0 rings (SSSR count). The van der Waals surface area contributed by atoms with E-state index in [4.69, 9.17) is 0 Å². The number of hydrogen-bond acceptors (Lipinski definition) is 3. The van der Waals surface area contributed by atoms with Crippen LogP contribution < -0.4 is 5.32 Å². The van der Waals surface area contributed by atoms with Crippen molar-refractivity contribution in [1.82, 2.24) is 5.32 Å². The second-order valence-corrected chi connectivity index (χ2v) is 20.4. The lowest BCUT2D eigenvalue weighted by Gasteiger charge is -2.22. The Hall–Kier alpha value is -3.21. The predicted molar refractivity (Wildman–Crippen MR) is 322 cm³/mol. The maximum atomic E-state index is 12.5. The highest BCUT2D eigenvalue weighted by atomic mass is 16.3. The van der Waals surface area contributed by atoms with Crippen molar-refractivity contribution in [3.05, 3.63) is 122 Å². The van der Waals surface area contributed by atoms with Gasteiger partial charge in [0.25, 0.3) is 0 Å². The van der Waals surface area contributed by atoms with E-state index in [0.29, 0.717) is 12.8 Å². The third-order valence-corrected chi connectivity index (χ3v) is 13.5. The third-order valence-electron chi connectivity index (χ3n) is 13.5. The topological polar surface area (TPSA) is 69.6 Å². The van der Waals surface area contributed by atoms with Crippen molar-refractivity contribution in [3.8, 4) is 0 Å². The van der Waals surface area contributed by atoms with Crippen LogP contribution in [0.25, 0.3) is 0 Å². The molecule has 0 radical (unpaired) electrons. The molecular weight excluding hydrogens is 879 g/mol. The van der Waals surface area contributed by atoms with Gasteiger partial charge in [-0.3, -0.25) is 4.79 Å².